The van der Waals surface area contributed by atoms with Crippen molar-refractivity contribution in [3.8, 4) is 11.4 Å². The summed E-state index contributed by atoms with van der Waals surface area (Å²) < 4.78 is 5.43. The Hall–Kier alpha value is -3.13. The summed E-state index contributed by atoms with van der Waals surface area (Å²) in [5, 5.41) is 18.3. The van der Waals surface area contributed by atoms with Gasteiger partial charge in [-0.1, -0.05) is 31.1 Å². The van der Waals surface area contributed by atoms with E-state index in [9.17, 15) is 10.1 Å². The molecule has 3 aromatic rings. The molecule has 0 aliphatic carbocycles. The van der Waals surface area contributed by atoms with E-state index in [0.717, 1.165) is 11.1 Å². The molecule has 0 spiro atoms. The third kappa shape index (κ3) is 4.09. The molecule has 0 unspecified atom stereocenters. The number of nitrogens with zero attached hydrogens (tertiary/aromatic N) is 4. The Morgan fingerprint density at radius 1 is 1.27 bits per heavy atom. The van der Waals surface area contributed by atoms with Crippen LogP contribution >= 0.6 is 0 Å². The number of nitrogens with one attached hydrogen (secondary N) is 1. The molecule has 0 amide bonds. The highest BCUT2D eigenvalue weighted by Crippen LogP contribution is 2.24. The second-order valence-electron chi connectivity index (χ2n) is 6.23. The fourth-order valence-corrected chi connectivity index (χ4v) is 2.59. The lowest BCUT2D eigenvalue weighted by atomic mass is 10.0. The van der Waals surface area contributed by atoms with E-state index in [2.05, 4.69) is 20.4 Å². The predicted molar refractivity (Wildman–Crippen MR) is 95.0 cm³/mol. The van der Waals surface area contributed by atoms with Crippen LogP contribution in [0.2, 0.25) is 0 Å². The van der Waals surface area contributed by atoms with Gasteiger partial charge in [-0.3, -0.25) is 15.1 Å². The van der Waals surface area contributed by atoms with Crippen molar-refractivity contribution in [2.75, 3.05) is 0 Å². The van der Waals surface area contributed by atoms with Crippen LogP contribution in [-0.2, 0) is 6.54 Å². The first kappa shape index (κ1) is 17.7. The van der Waals surface area contributed by atoms with E-state index in [1.807, 2.05) is 32.0 Å². The highest BCUT2D eigenvalue weighted by Gasteiger charge is 2.22. The minimum atomic E-state index is -0.401. The Bertz CT molecular complexity index is 879. The first-order valence-electron chi connectivity index (χ1n) is 8.25. The lowest BCUT2D eigenvalue weighted by molar-refractivity contribution is -0.384. The number of hydrogen-bond acceptors (Lipinski definition) is 7. The van der Waals surface area contributed by atoms with Gasteiger partial charge in [-0.15, -0.1) is 0 Å². The lowest BCUT2D eigenvalue weighted by Crippen LogP contribution is -2.25. The third-order valence-corrected chi connectivity index (χ3v) is 3.94. The van der Waals surface area contributed by atoms with Crippen LogP contribution < -0.4 is 5.32 Å². The highest BCUT2D eigenvalue weighted by atomic mass is 16.6. The molecule has 0 fully saturated rings. The summed E-state index contributed by atoms with van der Waals surface area (Å²) in [6, 6.07) is 10.0. The van der Waals surface area contributed by atoms with E-state index in [-0.39, 0.29) is 17.6 Å². The first-order valence-corrected chi connectivity index (χ1v) is 8.25. The quantitative estimate of drug-likeness (QED) is 0.511. The number of rotatable bonds is 7. The molecule has 1 N–H and O–H groups in total. The lowest BCUT2D eigenvalue weighted by Gasteiger charge is -2.18. The molecular formula is C18H19N5O3. The van der Waals surface area contributed by atoms with Crippen LogP contribution in [0.1, 0.15) is 31.3 Å². The van der Waals surface area contributed by atoms with Crippen LogP contribution in [0.15, 0.2) is 53.3 Å². The van der Waals surface area contributed by atoms with Crippen molar-refractivity contribution in [3.05, 3.63) is 70.4 Å². The summed E-state index contributed by atoms with van der Waals surface area (Å²) in [5.41, 5.74) is 1.67. The molecule has 3 rings (SSSR count). The minimum Gasteiger partial charge on any atom is -0.337 e. The molecule has 8 nitrogen and oxygen atoms in total. The predicted octanol–water partition coefficient (Wildman–Crippen LogP) is 3.53. The summed E-state index contributed by atoms with van der Waals surface area (Å²) in [7, 11) is 0. The van der Waals surface area contributed by atoms with Crippen molar-refractivity contribution in [1.29, 1.82) is 0 Å². The maximum absolute atomic E-state index is 10.9. The average molecular weight is 353 g/mol. The Morgan fingerprint density at radius 3 is 2.81 bits per heavy atom. The monoisotopic (exact) mass is 353 g/mol. The molecule has 2 aromatic heterocycles. The molecule has 1 atom stereocenters. The SMILES string of the molecule is CC(C)[C@@H](NCc1cccc([N+](=O)[O-])c1)c1nc(-c2cccnc2)no1. The van der Waals surface area contributed by atoms with Gasteiger partial charge in [-0.05, 0) is 23.6 Å². The average Bonchev–Trinajstić information content (AvgIpc) is 3.12. The topological polar surface area (TPSA) is 107 Å². The van der Waals surface area contributed by atoms with Gasteiger partial charge in [0.25, 0.3) is 5.69 Å². The first-order chi connectivity index (χ1) is 12.5. The van der Waals surface area contributed by atoms with Crippen molar-refractivity contribution in [3.63, 3.8) is 0 Å². The van der Waals surface area contributed by atoms with Gasteiger partial charge in [-0.25, -0.2) is 0 Å². The summed E-state index contributed by atoms with van der Waals surface area (Å²) in [4.78, 5) is 19.0. The number of nitro benzene ring substituents is 1. The van der Waals surface area contributed by atoms with Crippen LogP contribution in [0.3, 0.4) is 0 Å². The van der Waals surface area contributed by atoms with Gasteiger partial charge in [0, 0.05) is 36.6 Å². The number of non-ortho nitro benzene ring substituents is 1. The Labute approximate surface area is 150 Å². The summed E-state index contributed by atoms with van der Waals surface area (Å²) >= 11 is 0. The van der Waals surface area contributed by atoms with E-state index in [4.69, 9.17) is 4.52 Å². The molecule has 134 valence electrons. The van der Waals surface area contributed by atoms with E-state index < -0.39 is 4.92 Å². The van der Waals surface area contributed by atoms with Gasteiger partial charge in [-0.2, -0.15) is 4.98 Å². The third-order valence-electron chi connectivity index (χ3n) is 3.94. The molecule has 0 saturated carbocycles. The number of benzene rings is 1. The van der Waals surface area contributed by atoms with Crippen LogP contribution in [0.25, 0.3) is 11.4 Å². The number of nitro groups is 1. The van der Waals surface area contributed by atoms with Gasteiger partial charge < -0.3 is 9.84 Å². The molecule has 0 aliphatic heterocycles. The number of pyridine rings is 1. The Balaban J connectivity index is 1.75. The molecule has 0 aliphatic rings. The Kier molecular flexibility index (Phi) is 5.33. The highest BCUT2D eigenvalue weighted by molar-refractivity contribution is 5.51. The standard InChI is InChI=1S/C18H19N5O3/c1-12(2)16(20-10-13-5-3-7-15(9-13)23(24)25)18-21-17(22-26-18)14-6-4-8-19-11-14/h3-9,11-12,16,20H,10H2,1-2H3/t16-/m1/s1. The van der Waals surface area contributed by atoms with Gasteiger partial charge in [0.05, 0.1) is 11.0 Å². The molecule has 8 heteroatoms. The van der Waals surface area contributed by atoms with Gasteiger partial charge in [0.1, 0.15) is 0 Å². The van der Waals surface area contributed by atoms with Crippen LogP contribution in [-0.4, -0.2) is 20.0 Å². The zero-order valence-electron chi connectivity index (χ0n) is 14.5. The number of hydrogen-bond donors (Lipinski definition) is 1. The maximum atomic E-state index is 10.9. The van der Waals surface area contributed by atoms with Gasteiger partial charge in [0.15, 0.2) is 0 Å². The van der Waals surface area contributed by atoms with Crippen molar-refractivity contribution in [1.82, 2.24) is 20.4 Å². The summed E-state index contributed by atoms with van der Waals surface area (Å²) in [6.07, 6.45) is 3.36. The maximum Gasteiger partial charge on any atom is 0.269 e. The second-order valence-corrected chi connectivity index (χ2v) is 6.23. The zero-order chi connectivity index (χ0) is 18.5. The summed E-state index contributed by atoms with van der Waals surface area (Å²) in [6.45, 7) is 4.53. The fraction of sp³-hybridized carbons (Fsp3) is 0.278. The van der Waals surface area contributed by atoms with E-state index in [0.29, 0.717) is 18.3 Å². The van der Waals surface area contributed by atoms with Crippen molar-refractivity contribution >= 4 is 5.69 Å². The molecule has 1 aromatic carbocycles. The van der Waals surface area contributed by atoms with Crippen molar-refractivity contribution in [2.24, 2.45) is 5.92 Å². The summed E-state index contributed by atoms with van der Waals surface area (Å²) in [5.74, 6) is 1.15. The molecule has 0 bridgehead atoms. The van der Waals surface area contributed by atoms with Gasteiger partial charge >= 0.3 is 0 Å². The Morgan fingerprint density at radius 2 is 2.12 bits per heavy atom. The largest absolute Gasteiger partial charge is 0.337 e. The van der Waals surface area contributed by atoms with Gasteiger partial charge in [0.2, 0.25) is 11.7 Å². The molecular weight excluding hydrogens is 334 g/mol. The number of aromatic nitrogens is 3. The van der Waals surface area contributed by atoms with Crippen LogP contribution in [0.5, 0.6) is 0 Å². The van der Waals surface area contributed by atoms with E-state index in [1.165, 1.54) is 6.07 Å². The smallest absolute Gasteiger partial charge is 0.269 e. The minimum absolute atomic E-state index is 0.0713. The molecule has 2 heterocycles. The zero-order valence-corrected chi connectivity index (χ0v) is 14.5. The van der Waals surface area contributed by atoms with Crippen molar-refractivity contribution in [2.45, 2.75) is 26.4 Å². The molecule has 26 heavy (non-hydrogen) atoms. The molecule has 0 radical (unpaired) electrons. The van der Waals surface area contributed by atoms with E-state index >= 15 is 0 Å². The molecule has 0 saturated heterocycles. The fourth-order valence-electron chi connectivity index (χ4n) is 2.59. The normalized spacial score (nSPS) is 12.3. The van der Waals surface area contributed by atoms with E-state index in [1.54, 1.807) is 24.5 Å². The van der Waals surface area contributed by atoms with Crippen molar-refractivity contribution < 1.29 is 9.45 Å². The second kappa shape index (κ2) is 7.83. The van der Waals surface area contributed by atoms with Crippen LogP contribution in [0, 0.1) is 16.0 Å². The van der Waals surface area contributed by atoms with Crippen LogP contribution in [0.4, 0.5) is 5.69 Å².